The molecule has 0 aliphatic carbocycles. The van der Waals surface area contributed by atoms with Crippen LogP contribution >= 0.6 is 0 Å². The lowest BCUT2D eigenvalue weighted by molar-refractivity contribution is -0.142. The van der Waals surface area contributed by atoms with Crippen LogP contribution in [0.25, 0.3) is 0 Å². The number of nitrogens with zero attached hydrogens (tertiary/aromatic N) is 1. The fourth-order valence-corrected chi connectivity index (χ4v) is 2.15. The zero-order chi connectivity index (χ0) is 15.2. The van der Waals surface area contributed by atoms with E-state index in [1.165, 1.54) is 18.2 Å². The molecule has 0 aliphatic rings. The summed E-state index contributed by atoms with van der Waals surface area (Å²) in [5.41, 5.74) is 2.74. The van der Waals surface area contributed by atoms with Gasteiger partial charge in [-0.3, -0.25) is 9.69 Å². The third kappa shape index (κ3) is 5.33. The molecule has 0 amide bonds. The summed E-state index contributed by atoms with van der Waals surface area (Å²) in [6.07, 6.45) is 1.02. The summed E-state index contributed by atoms with van der Waals surface area (Å²) >= 11 is 0. The molecule has 0 aliphatic heterocycles. The van der Waals surface area contributed by atoms with Gasteiger partial charge in [0.2, 0.25) is 0 Å². The highest BCUT2D eigenvalue weighted by Crippen LogP contribution is 2.22. The molecule has 0 radical (unpaired) electrons. The van der Waals surface area contributed by atoms with E-state index in [0.717, 1.165) is 19.5 Å². The molecule has 3 heteroatoms. The number of hydrogen-bond donors (Lipinski definition) is 0. The fourth-order valence-electron chi connectivity index (χ4n) is 2.15. The predicted molar refractivity (Wildman–Crippen MR) is 82.7 cm³/mol. The van der Waals surface area contributed by atoms with Gasteiger partial charge in [-0.1, -0.05) is 52.0 Å². The zero-order valence-corrected chi connectivity index (χ0v) is 13.4. The fraction of sp³-hybridized carbons (Fsp3) is 0.588. The van der Waals surface area contributed by atoms with Crippen molar-refractivity contribution in [1.29, 1.82) is 0 Å². The van der Waals surface area contributed by atoms with E-state index in [1.54, 1.807) is 0 Å². The van der Waals surface area contributed by atoms with Gasteiger partial charge in [-0.15, -0.1) is 0 Å². The molecule has 112 valence electrons. The highest BCUT2D eigenvalue weighted by atomic mass is 16.5. The van der Waals surface area contributed by atoms with E-state index >= 15 is 0 Å². The van der Waals surface area contributed by atoms with E-state index in [2.05, 4.69) is 56.9 Å². The first kappa shape index (κ1) is 16.7. The molecule has 0 fully saturated rings. The first-order valence-electron chi connectivity index (χ1n) is 7.25. The van der Waals surface area contributed by atoms with E-state index in [9.17, 15) is 4.79 Å². The molecular weight excluding hydrogens is 250 g/mol. The van der Waals surface area contributed by atoms with Crippen LogP contribution in [0.5, 0.6) is 0 Å². The van der Waals surface area contributed by atoms with Gasteiger partial charge < -0.3 is 4.74 Å². The molecule has 0 atom stereocenters. The van der Waals surface area contributed by atoms with Crippen molar-refractivity contribution in [3.8, 4) is 0 Å². The van der Waals surface area contributed by atoms with E-state index in [4.69, 9.17) is 4.74 Å². The largest absolute Gasteiger partial charge is 0.468 e. The zero-order valence-electron chi connectivity index (χ0n) is 13.4. The van der Waals surface area contributed by atoms with Crippen molar-refractivity contribution >= 4 is 5.97 Å². The maximum absolute atomic E-state index is 11.4. The van der Waals surface area contributed by atoms with Crippen molar-refractivity contribution in [2.75, 3.05) is 20.2 Å². The lowest BCUT2D eigenvalue weighted by Crippen LogP contribution is -2.30. The Bertz CT molecular complexity index is 418. The van der Waals surface area contributed by atoms with Crippen LogP contribution in [0.2, 0.25) is 0 Å². The number of esters is 1. The number of hydrogen-bond acceptors (Lipinski definition) is 3. The summed E-state index contributed by atoms with van der Waals surface area (Å²) in [4.78, 5) is 13.5. The Hall–Kier alpha value is -1.35. The molecule has 0 saturated carbocycles. The van der Waals surface area contributed by atoms with Crippen LogP contribution in [0.4, 0.5) is 0 Å². The Kier molecular flexibility index (Phi) is 6.21. The minimum Gasteiger partial charge on any atom is -0.468 e. The van der Waals surface area contributed by atoms with Crippen LogP contribution in [0.3, 0.4) is 0 Å². The number of methoxy groups -OCH3 is 1. The van der Waals surface area contributed by atoms with E-state index < -0.39 is 0 Å². The molecule has 3 nitrogen and oxygen atoms in total. The van der Waals surface area contributed by atoms with Gasteiger partial charge in [-0.2, -0.15) is 0 Å². The smallest absolute Gasteiger partial charge is 0.319 e. The highest BCUT2D eigenvalue weighted by Gasteiger charge is 2.14. The molecule has 0 aromatic heterocycles. The maximum Gasteiger partial charge on any atom is 0.319 e. The second-order valence-corrected chi connectivity index (χ2v) is 6.23. The molecular formula is C17H27NO2. The first-order chi connectivity index (χ1) is 9.36. The van der Waals surface area contributed by atoms with Crippen molar-refractivity contribution in [3.63, 3.8) is 0 Å². The molecule has 0 unspecified atom stereocenters. The molecule has 0 saturated heterocycles. The Morgan fingerprint density at radius 1 is 1.20 bits per heavy atom. The highest BCUT2D eigenvalue weighted by molar-refractivity contribution is 5.71. The molecule has 0 bridgehead atoms. The van der Waals surface area contributed by atoms with Crippen LogP contribution in [0.1, 0.15) is 45.2 Å². The summed E-state index contributed by atoms with van der Waals surface area (Å²) in [6.45, 7) is 10.8. The van der Waals surface area contributed by atoms with Crippen molar-refractivity contribution in [2.24, 2.45) is 0 Å². The lowest BCUT2D eigenvalue weighted by Gasteiger charge is -2.22. The Morgan fingerprint density at radius 2 is 1.80 bits per heavy atom. The summed E-state index contributed by atoms with van der Waals surface area (Å²) in [5, 5.41) is 0. The topological polar surface area (TPSA) is 29.5 Å². The number of rotatable bonds is 6. The average molecular weight is 277 g/mol. The number of carbonyl (C=O) groups excluding carboxylic acids is 1. The number of benzene rings is 1. The SMILES string of the molecule is CCCN(CC(=O)OC)Cc1ccc(C(C)(C)C)cc1. The Morgan fingerprint density at radius 3 is 2.25 bits per heavy atom. The summed E-state index contributed by atoms with van der Waals surface area (Å²) in [6, 6.07) is 8.66. The van der Waals surface area contributed by atoms with Crippen LogP contribution in [0.15, 0.2) is 24.3 Å². The average Bonchev–Trinajstić information content (AvgIpc) is 2.38. The molecule has 1 aromatic rings. The van der Waals surface area contributed by atoms with Gasteiger partial charge in [0, 0.05) is 6.54 Å². The van der Waals surface area contributed by atoms with Crippen LogP contribution in [-0.2, 0) is 21.5 Å². The normalized spacial score (nSPS) is 11.7. The van der Waals surface area contributed by atoms with Crippen molar-refractivity contribution in [3.05, 3.63) is 35.4 Å². The van der Waals surface area contributed by atoms with Gasteiger partial charge in [-0.25, -0.2) is 0 Å². The van der Waals surface area contributed by atoms with Gasteiger partial charge in [-0.05, 0) is 29.5 Å². The van der Waals surface area contributed by atoms with Gasteiger partial charge in [0.15, 0.2) is 0 Å². The van der Waals surface area contributed by atoms with Gasteiger partial charge in [0.25, 0.3) is 0 Å². The number of carbonyl (C=O) groups is 1. The molecule has 20 heavy (non-hydrogen) atoms. The first-order valence-corrected chi connectivity index (χ1v) is 7.25. The van der Waals surface area contributed by atoms with Gasteiger partial charge in [0.05, 0.1) is 13.7 Å². The van der Waals surface area contributed by atoms with E-state index in [-0.39, 0.29) is 11.4 Å². The second-order valence-electron chi connectivity index (χ2n) is 6.23. The quantitative estimate of drug-likeness (QED) is 0.747. The standard InChI is InChI=1S/C17H27NO2/c1-6-11-18(13-16(19)20-5)12-14-7-9-15(10-8-14)17(2,3)4/h7-10H,6,11-13H2,1-5H3. The van der Waals surface area contributed by atoms with Crippen molar-refractivity contribution in [2.45, 2.75) is 46.1 Å². The van der Waals surface area contributed by atoms with E-state index in [0.29, 0.717) is 6.54 Å². The Labute approximate surface area is 122 Å². The third-order valence-electron chi connectivity index (χ3n) is 3.35. The summed E-state index contributed by atoms with van der Waals surface area (Å²) in [7, 11) is 1.44. The maximum atomic E-state index is 11.4. The molecule has 0 N–H and O–H groups in total. The summed E-state index contributed by atoms with van der Waals surface area (Å²) < 4.78 is 4.75. The minimum absolute atomic E-state index is 0.174. The third-order valence-corrected chi connectivity index (χ3v) is 3.35. The van der Waals surface area contributed by atoms with Crippen LogP contribution in [0, 0.1) is 0 Å². The Balaban J connectivity index is 2.71. The van der Waals surface area contributed by atoms with Gasteiger partial charge in [0.1, 0.15) is 0 Å². The summed E-state index contributed by atoms with van der Waals surface area (Å²) in [5.74, 6) is -0.176. The monoisotopic (exact) mass is 277 g/mol. The van der Waals surface area contributed by atoms with Crippen molar-refractivity contribution < 1.29 is 9.53 Å². The molecule has 0 spiro atoms. The van der Waals surface area contributed by atoms with Crippen LogP contribution in [-0.4, -0.2) is 31.1 Å². The molecule has 0 heterocycles. The predicted octanol–water partition coefficient (Wildman–Crippen LogP) is 3.37. The van der Waals surface area contributed by atoms with E-state index in [1.807, 2.05) is 0 Å². The molecule has 1 aromatic carbocycles. The van der Waals surface area contributed by atoms with Gasteiger partial charge >= 0.3 is 5.97 Å². The molecule has 1 rings (SSSR count). The lowest BCUT2D eigenvalue weighted by atomic mass is 9.87. The minimum atomic E-state index is -0.176. The van der Waals surface area contributed by atoms with Crippen LogP contribution < -0.4 is 0 Å². The second kappa shape index (κ2) is 7.44. The number of ether oxygens (including phenoxy) is 1. The van der Waals surface area contributed by atoms with Crippen molar-refractivity contribution in [1.82, 2.24) is 4.90 Å².